The summed E-state index contributed by atoms with van der Waals surface area (Å²) >= 11 is 7.59. The molecule has 6 rings (SSSR count). The fourth-order valence-corrected chi connectivity index (χ4v) is 7.28. The zero-order chi connectivity index (χ0) is 37.8. The number of aromatic nitrogens is 6. The number of fused-ring (bicyclic) bond motifs is 2. The molecule has 0 bridgehead atoms. The minimum atomic E-state index is -3.25. The third-order valence-corrected chi connectivity index (χ3v) is 9.71. The van der Waals surface area contributed by atoms with Gasteiger partial charge in [-0.25, -0.2) is 9.78 Å². The number of carboxylic acid groups (broad SMARTS) is 1. The first-order valence-corrected chi connectivity index (χ1v) is 17.8. The van der Waals surface area contributed by atoms with Gasteiger partial charge in [0.25, 0.3) is 5.56 Å². The van der Waals surface area contributed by atoms with Crippen molar-refractivity contribution in [2.45, 2.75) is 59.5 Å². The minimum absolute atomic E-state index is 0.0110. The highest BCUT2D eigenvalue weighted by Gasteiger charge is 2.24. The van der Waals surface area contributed by atoms with Gasteiger partial charge >= 0.3 is 12.6 Å². The molecular weight excluding hydrogens is 730 g/mol. The molecule has 0 saturated heterocycles. The first-order chi connectivity index (χ1) is 25.5. The summed E-state index contributed by atoms with van der Waals surface area (Å²) in [6, 6.07) is 10.1. The predicted octanol–water partition coefficient (Wildman–Crippen LogP) is 6.91. The highest BCUT2D eigenvalue weighted by atomic mass is 35.5. The summed E-state index contributed by atoms with van der Waals surface area (Å²) < 4.78 is 42.3. The lowest BCUT2D eigenvalue weighted by atomic mass is 10.0. The smallest absolute Gasteiger partial charge is 0.387 e. The lowest BCUT2D eigenvalue weighted by molar-refractivity contribution is -0.0508. The van der Waals surface area contributed by atoms with Crippen LogP contribution in [0.25, 0.3) is 32.2 Å². The van der Waals surface area contributed by atoms with Gasteiger partial charge in [-0.15, -0.1) is 16.4 Å². The van der Waals surface area contributed by atoms with Gasteiger partial charge in [-0.2, -0.15) is 14.0 Å². The topological polar surface area (TPSA) is 161 Å². The second kappa shape index (κ2) is 16.0. The second-order valence-electron chi connectivity index (χ2n) is 12.2. The van der Waals surface area contributed by atoms with Crippen molar-refractivity contribution < 1.29 is 28.2 Å². The Morgan fingerprint density at radius 1 is 1.19 bits per heavy atom. The normalized spacial score (nSPS) is 11.5. The van der Waals surface area contributed by atoms with Crippen molar-refractivity contribution in [2.24, 2.45) is 0 Å². The number of hydrogen-bond donors (Lipinski definition) is 1. The molecule has 0 atom stereocenters. The quantitative estimate of drug-likeness (QED) is 0.116. The van der Waals surface area contributed by atoms with Crippen molar-refractivity contribution in [1.29, 1.82) is 5.26 Å². The Morgan fingerprint density at radius 3 is 2.74 bits per heavy atom. The number of rotatable bonds is 15. The number of pyridine rings is 1. The van der Waals surface area contributed by atoms with E-state index in [-0.39, 0.29) is 47.3 Å². The Labute approximate surface area is 310 Å². The summed E-state index contributed by atoms with van der Waals surface area (Å²) in [5.41, 5.74) is 1.79. The number of nitriles is 1. The van der Waals surface area contributed by atoms with Gasteiger partial charge in [-0.3, -0.25) is 23.9 Å². The van der Waals surface area contributed by atoms with Gasteiger partial charge < -0.3 is 14.6 Å². The number of carboxylic acids is 1. The number of hydrogen-bond acceptors (Lipinski definition) is 11. The first kappa shape index (κ1) is 37.3. The van der Waals surface area contributed by atoms with E-state index in [1.807, 2.05) is 17.2 Å². The van der Waals surface area contributed by atoms with Crippen molar-refractivity contribution in [3.05, 3.63) is 91.7 Å². The van der Waals surface area contributed by atoms with Gasteiger partial charge in [0.05, 0.1) is 38.9 Å². The molecule has 1 N–H and O–H groups in total. The Hall–Kier alpha value is -5.50. The molecule has 0 aliphatic rings. The van der Waals surface area contributed by atoms with E-state index in [0.29, 0.717) is 50.2 Å². The average Bonchev–Trinajstić information content (AvgIpc) is 3.76. The summed E-state index contributed by atoms with van der Waals surface area (Å²) in [5, 5.41) is 29.9. The highest BCUT2D eigenvalue weighted by molar-refractivity contribution is 7.18. The summed E-state index contributed by atoms with van der Waals surface area (Å²) in [6.07, 6.45) is 5.30. The maximum absolute atomic E-state index is 14.0. The van der Waals surface area contributed by atoms with Crippen LogP contribution >= 0.6 is 22.9 Å². The molecule has 53 heavy (non-hydrogen) atoms. The number of carbonyl (C=O) groups is 1. The Morgan fingerprint density at radius 2 is 2.00 bits per heavy atom. The van der Waals surface area contributed by atoms with Crippen molar-refractivity contribution in [2.75, 3.05) is 13.7 Å². The van der Waals surface area contributed by atoms with Crippen molar-refractivity contribution in [1.82, 2.24) is 34.4 Å². The maximum atomic E-state index is 14.0. The van der Waals surface area contributed by atoms with E-state index in [0.717, 1.165) is 19.4 Å². The molecular formula is C36H33ClF2N8O5S. The fourth-order valence-electron chi connectivity index (χ4n) is 6.08. The third kappa shape index (κ3) is 7.97. The minimum Gasteiger partial charge on any atom is -0.491 e. The van der Waals surface area contributed by atoms with Crippen LogP contribution in [-0.2, 0) is 26.2 Å². The van der Waals surface area contributed by atoms with E-state index in [4.69, 9.17) is 21.1 Å². The van der Waals surface area contributed by atoms with Crippen molar-refractivity contribution in [3.63, 3.8) is 0 Å². The number of aryl methyl sites for hydroxylation is 2. The van der Waals surface area contributed by atoms with E-state index < -0.39 is 23.9 Å². The van der Waals surface area contributed by atoms with Crippen LogP contribution in [0, 0.1) is 18.3 Å². The van der Waals surface area contributed by atoms with Gasteiger partial charge in [-0.05, 0) is 50.7 Å². The van der Waals surface area contributed by atoms with Gasteiger partial charge in [-0.1, -0.05) is 30.2 Å². The lowest BCUT2D eigenvalue weighted by Crippen LogP contribution is -2.28. The van der Waals surface area contributed by atoms with Gasteiger partial charge in [0, 0.05) is 59.1 Å². The van der Waals surface area contributed by atoms with Gasteiger partial charge in [0.1, 0.15) is 35.6 Å². The molecule has 0 fully saturated rings. The molecule has 13 nitrogen and oxygen atoms in total. The maximum Gasteiger partial charge on any atom is 0.387 e. The molecule has 0 amide bonds. The zero-order valence-electron chi connectivity index (χ0n) is 28.8. The predicted molar refractivity (Wildman–Crippen MR) is 195 cm³/mol. The average molecular weight is 763 g/mol. The van der Waals surface area contributed by atoms with Gasteiger partial charge in [0.2, 0.25) is 0 Å². The molecule has 0 spiro atoms. The standard InChI is InChI=1S/C36H33ClF2N8O5S/c1-4-5-10-46-18-23(43-44-46)17-45(3)16-21-13-28-30(26(15-40)32(21)52-36(38)39)34(48)47(20(2)42-28)11-12-51-29-7-6-22(37)14-25(29)24-8-9-41-31-27(35(49)50)19-53-33(24)31/h6-9,13-14,18-19,36H,4-5,10-12,16-17H2,1-3H3,(H,49,50). The molecule has 2 aromatic carbocycles. The summed E-state index contributed by atoms with van der Waals surface area (Å²) in [7, 11) is 1.77. The van der Waals surface area contributed by atoms with Crippen molar-refractivity contribution >= 4 is 50.0 Å². The summed E-state index contributed by atoms with van der Waals surface area (Å²) in [5.74, 6) is -0.765. The molecule has 4 heterocycles. The number of aromatic carboxylic acids is 1. The molecule has 17 heteroatoms. The number of nitrogens with zero attached hydrogens (tertiary/aromatic N) is 8. The van der Waals surface area contributed by atoms with Crippen LogP contribution in [0.3, 0.4) is 0 Å². The number of benzene rings is 2. The Bertz CT molecular complexity index is 2430. The summed E-state index contributed by atoms with van der Waals surface area (Å²) in [4.78, 5) is 36.4. The molecule has 274 valence electrons. The number of unbranched alkanes of at least 4 members (excludes halogenated alkanes) is 1. The molecule has 4 aromatic heterocycles. The van der Waals surface area contributed by atoms with Crippen molar-refractivity contribution in [3.8, 4) is 28.7 Å². The molecule has 0 aliphatic heterocycles. The molecule has 0 saturated carbocycles. The SMILES string of the molecule is CCCCn1cc(CN(C)Cc2cc3nc(C)n(CCOc4ccc(Cl)cc4-c4ccnc5c(C(=O)O)csc45)c(=O)c3c(C#N)c2OC(F)F)nn1. The lowest BCUT2D eigenvalue weighted by Gasteiger charge is -2.20. The molecule has 0 aliphatic carbocycles. The van der Waals surface area contributed by atoms with Gasteiger partial charge in [0.15, 0.2) is 0 Å². The van der Waals surface area contributed by atoms with E-state index in [1.165, 1.54) is 33.5 Å². The number of alkyl halides is 2. The van der Waals surface area contributed by atoms with Crippen LogP contribution in [0.4, 0.5) is 8.78 Å². The Balaban J connectivity index is 1.29. The molecule has 6 aromatic rings. The van der Waals surface area contributed by atoms with Crippen LogP contribution in [0.15, 0.2) is 52.9 Å². The fraction of sp³-hybridized carbons (Fsp3) is 0.306. The number of thiophene rings is 1. The van der Waals surface area contributed by atoms with Crippen LogP contribution in [0.2, 0.25) is 5.02 Å². The van der Waals surface area contributed by atoms with E-state index in [9.17, 15) is 28.7 Å². The summed E-state index contributed by atoms with van der Waals surface area (Å²) in [6.45, 7) is 1.57. The third-order valence-electron chi connectivity index (χ3n) is 8.47. The van der Waals surface area contributed by atoms with Crippen LogP contribution in [-0.4, -0.2) is 65.8 Å². The highest BCUT2D eigenvalue weighted by Crippen LogP contribution is 2.40. The molecule has 0 unspecified atom stereocenters. The number of halogens is 3. The van der Waals surface area contributed by atoms with Crippen LogP contribution < -0.4 is 15.0 Å². The van der Waals surface area contributed by atoms with E-state index in [2.05, 4.69) is 27.2 Å². The number of ether oxygens (including phenoxy) is 2. The monoisotopic (exact) mass is 762 g/mol. The Kier molecular flexibility index (Phi) is 11.3. The zero-order valence-corrected chi connectivity index (χ0v) is 30.4. The van der Waals surface area contributed by atoms with Crippen LogP contribution in [0.5, 0.6) is 11.5 Å². The first-order valence-electron chi connectivity index (χ1n) is 16.5. The largest absolute Gasteiger partial charge is 0.491 e. The second-order valence-corrected chi connectivity index (χ2v) is 13.5. The van der Waals surface area contributed by atoms with E-state index >= 15 is 0 Å². The van der Waals surface area contributed by atoms with E-state index in [1.54, 1.807) is 42.9 Å². The van der Waals surface area contributed by atoms with Crippen LogP contribution in [0.1, 0.15) is 52.8 Å². The molecule has 0 radical (unpaired) electrons.